The van der Waals surface area contributed by atoms with Gasteiger partial charge in [0, 0.05) is 0 Å². The zero-order chi connectivity index (χ0) is 16.3. The Bertz CT molecular complexity index is 550. The number of hydrogen-bond acceptors (Lipinski definition) is 10. The molecule has 0 aromatic rings. The molecule has 1 aliphatic rings. The quantitative estimate of drug-likeness (QED) is 0.437. The predicted octanol–water partition coefficient (Wildman–Crippen LogP) is -1.49. The summed E-state index contributed by atoms with van der Waals surface area (Å²) in [5.41, 5.74) is 0. The Labute approximate surface area is 121 Å². The lowest BCUT2D eigenvalue weighted by Gasteiger charge is -2.19. The van der Waals surface area contributed by atoms with Crippen LogP contribution in [0.15, 0.2) is 0 Å². The third kappa shape index (κ3) is 4.91. The van der Waals surface area contributed by atoms with Crippen LogP contribution in [0, 0.1) is 0 Å². The van der Waals surface area contributed by atoms with E-state index in [-0.39, 0.29) is 13.2 Å². The smallest absolute Gasteiger partial charge is 0.340 e. The number of rotatable bonds is 4. The first-order valence-corrected chi connectivity index (χ1v) is 8.92. The maximum atomic E-state index is 11.7. The van der Waals surface area contributed by atoms with Crippen LogP contribution >= 0.6 is 0 Å². The molecule has 1 rings (SSSR count). The van der Waals surface area contributed by atoms with Crippen LogP contribution in [-0.2, 0) is 47.7 Å². The number of ether oxygens (including phenoxy) is 2. The van der Waals surface area contributed by atoms with Gasteiger partial charge >= 0.3 is 11.9 Å². The molecule has 0 saturated carbocycles. The summed E-state index contributed by atoms with van der Waals surface area (Å²) < 4.78 is 63.9. The molecule has 2 atom stereocenters. The first-order valence-electron chi connectivity index (χ1n) is 5.77. The van der Waals surface area contributed by atoms with Crippen LogP contribution in [0.3, 0.4) is 0 Å². The van der Waals surface area contributed by atoms with E-state index in [4.69, 9.17) is 0 Å². The minimum absolute atomic E-state index is 0.138. The monoisotopic (exact) mass is 346 g/mol. The van der Waals surface area contributed by atoms with Gasteiger partial charge in [-0.2, -0.15) is 16.8 Å². The van der Waals surface area contributed by atoms with E-state index < -0.39 is 49.5 Å². The third-order valence-electron chi connectivity index (χ3n) is 2.10. The van der Waals surface area contributed by atoms with Crippen LogP contribution in [0.5, 0.6) is 0 Å². The molecule has 0 aromatic heterocycles. The van der Waals surface area contributed by atoms with Crippen molar-refractivity contribution in [2.24, 2.45) is 0 Å². The van der Waals surface area contributed by atoms with Gasteiger partial charge in [-0.1, -0.05) is 0 Å². The molecule has 0 aromatic carbocycles. The van der Waals surface area contributed by atoms with Crippen molar-refractivity contribution >= 4 is 32.2 Å². The molecule has 21 heavy (non-hydrogen) atoms. The second-order valence-corrected chi connectivity index (χ2v) is 7.33. The Morgan fingerprint density at radius 2 is 1.24 bits per heavy atom. The highest BCUT2D eigenvalue weighted by Gasteiger charge is 2.48. The minimum atomic E-state index is -4.64. The van der Waals surface area contributed by atoms with Crippen LogP contribution < -0.4 is 0 Å². The number of carbonyl (C=O) groups is 2. The Kier molecular flexibility index (Phi) is 5.67. The Balaban J connectivity index is 3.24. The highest BCUT2D eigenvalue weighted by molar-refractivity contribution is 8.03. The van der Waals surface area contributed by atoms with E-state index in [9.17, 15) is 26.4 Å². The summed E-state index contributed by atoms with van der Waals surface area (Å²) in [6.45, 7) is 2.59. The lowest BCUT2D eigenvalue weighted by molar-refractivity contribution is -0.167. The van der Waals surface area contributed by atoms with Crippen molar-refractivity contribution in [1.29, 1.82) is 0 Å². The lowest BCUT2D eigenvalue weighted by Crippen LogP contribution is -2.45. The molecule has 10 nitrogen and oxygen atoms in total. The first kappa shape index (κ1) is 17.8. The molecule has 0 aliphatic carbocycles. The molecule has 0 N–H and O–H groups in total. The van der Waals surface area contributed by atoms with Crippen LogP contribution in [0.1, 0.15) is 13.8 Å². The van der Waals surface area contributed by atoms with Crippen molar-refractivity contribution in [2.45, 2.75) is 26.1 Å². The minimum Gasteiger partial charge on any atom is -0.464 e. The lowest BCUT2D eigenvalue weighted by atomic mass is 10.2. The number of esters is 2. The molecule has 2 unspecified atom stereocenters. The van der Waals surface area contributed by atoms with E-state index in [0.717, 1.165) is 0 Å². The summed E-state index contributed by atoms with van der Waals surface area (Å²) in [5.74, 6) is -2.51. The van der Waals surface area contributed by atoms with Gasteiger partial charge in [-0.3, -0.25) is 8.37 Å². The van der Waals surface area contributed by atoms with Gasteiger partial charge in [-0.25, -0.2) is 9.59 Å². The average molecular weight is 346 g/mol. The molecule has 1 saturated heterocycles. The molecule has 1 aliphatic heterocycles. The van der Waals surface area contributed by atoms with Gasteiger partial charge in [-0.15, -0.1) is 0 Å². The summed E-state index contributed by atoms with van der Waals surface area (Å²) in [7, 11) is -9.28. The summed E-state index contributed by atoms with van der Waals surface area (Å²) in [5, 5.41) is -1.52. The highest BCUT2D eigenvalue weighted by Crippen LogP contribution is 2.21. The molecule has 0 bridgehead atoms. The zero-order valence-corrected chi connectivity index (χ0v) is 12.8. The molecular weight excluding hydrogens is 332 g/mol. The van der Waals surface area contributed by atoms with E-state index >= 15 is 0 Å². The fraction of sp³-hybridized carbons (Fsp3) is 0.778. The fourth-order valence-electron chi connectivity index (χ4n) is 1.42. The summed E-state index contributed by atoms with van der Waals surface area (Å²) in [6, 6.07) is 0. The van der Waals surface area contributed by atoms with E-state index in [1.807, 2.05) is 0 Å². The standard InChI is InChI=1S/C9H14O10S2/c1-3-16-8(10)6-7(9(11)17-4-2)19-21(14,15)5-20(12,13)18-6/h6-7H,3-5H2,1-2H3. The number of carbonyl (C=O) groups excluding carboxylic acids is 2. The largest absolute Gasteiger partial charge is 0.464 e. The van der Waals surface area contributed by atoms with Gasteiger partial charge in [0.2, 0.25) is 17.3 Å². The molecule has 122 valence electrons. The molecule has 12 heteroatoms. The van der Waals surface area contributed by atoms with Crippen molar-refractivity contribution in [3.63, 3.8) is 0 Å². The van der Waals surface area contributed by atoms with Crippen molar-refractivity contribution in [1.82, 2.24) is 0 Å². The highest BCUT2D eigenvalue weighted by atomic mass is 32.3. The molecule has 0 amide bonds. The normalized spacial score (nSPS) is 27.3. The average Bonchev–Trinajstić information content (AvgIpc) is 2.42. The molecule has 0 spiro atoms. The Hall–Kier alpha value is -1.24. The van der Waals surface area contributed by atoms with Crippen LogP contribution in [0.4, 0.5) is 0 Å². The molecule has 1 heterocycles. The maximum Gasteiger partial charge on any atom is 0.340 e. The molecule has 1 fully saturated rings. The van der Waals surface area contributed by atoms with Gasteiger partial charge in [0.1, 0.15) is 0 Å². The fourth-order valence-corrected chi connectivity index (χ4v) is 4.27. The topological polar surface area (TPSA) is 139 Å². The zero-order valence-electron chi connectivity index (χ0n) is 11.2. The summed E-state index contributed by atoms with van der Waals surface area (Å²) in [4.78, 5) is 23.3. The maximum absolute atomic E-state index is 11.7. The first-order chi connectivity index (χ1) is 9.62. The SMILES string of the molecule is CCOC(=O)C1OS(=O)(=O)CS(=O)(=O)OC1C(=O)OCC. The van der Waals surface area contributed by atoms with Crippen LogP contribution in [0.25, 0.3) is 0 Å². The summed E-state index contributed by atoms with van der Waals surface area (Å²) >= 11 is 0. The van der Waals surface area contributed by atoms with E-state index in [1.165, 1.54) is 13.8 Å². The van der Waals surface area contributed by atoms with Crippen molar-refractivity contribution in [3.05, 3.63) is 0 Å². The Morgan fingerprint density at radius 1 is 0.905 bits per heavy atom. The van der Waals surface area contributed by atoms with Crippen molar-refractivity contribution in [2.75, 3.05) is 18.3 Å². The second-order valence-electron chi connectivity index (χ2n) is 3.77. The van der Waals surface area contributed by atoms with Gasteiger partial charge < -0.3 is 9.47 Å². The second kappa shape index (κ2) is 6.68. The molecular formula is C9H14O10S2. The predicted molar refractivity (Wildman–Crippen MR) is 65.7 cm³/mol. The number of hydrogen-bond donors (Lipinski definition) is 0. The van der Waals surface area contributed by atoms with E-state index in [0.29, 0.717) is 0 Å². The van der Waals surface area contributed by atoms with Gasteiger partial charge in [0.25, 0.3) is 20.2 Å². The van der Waals surface area contributed by atoms with Crippen molar-refractivity contribution < 1.29 is 44.3 Å². The van der Waals surface area contributed by atoms with Crippen LogP contribution in [-0.4, -0.2) is 59.3 Å². The summed E-state index contributed by atoms with van der Waals surface area (Å²) in [6.07, 6.45) is -4.18. The van der Waals surface area contributed by atoms with Gasteiger partial charge in [0.15, 0.2) is 0 Å². The van der Waals surface area contributed by atoms with Crippen LogP contribution in [0.2, 0.25) is 0 Å². The third-order valence-corrected chi connectivity index (χ3v) is 5.41. The van der Waals surface area contributed by atoms with E-state index in [2.05, 4.69) is 17.8 Å². The van der Waals surface area contributed by atoms with Gasteiger partial charge in [-0.05, 0) is 13.8 Å². The van der Waals surface area contributed by atoms with Crippen molar-refractivity contribution in [3.8, 4) is 0 Å². The van der Waals surface area contributed by atoms with Gasteiger partial charge in [0.05, 0.1) is 13.2 Å². The Morgan fingerprint density at radius 3 is 1.52 bits per heavy atom. The molecule has 0 radical (unpaired) electrons. The van der Waals surface area contributed by atoms with E-state index in [1.54, 1.807) is 0 Å².